The normalized spacial score (nSPS) is 15.0. The number of hydrogen-bond acceptors (Lipinski definition) is 3. The van der Waals surface area contributed by atoms with Gasteiger partial charge in [-0.25, -0.2) is 4.98 Å². The summed E-state index contributed by atoms with van der Waals surface area (Å²) in [5.74, 6) is 0. The molecule has 1 N–H and O–H groups in total. The Morgan fingerprint density at radius 3 is 3.06 bits per heavy atom. The number of rotatable bonds is 3. The molecule has 0 amide bonds. The van der Waals surface area contributed by atoms with Crippen LogP contribution in [0.3, 0.4) is 0 Å². The highest BCUT2D eigenvalue weighted by Gasteiger charge is 2.12. The zero-order valence-corrected chi connectivity index (χ0v) is 11.8. The fourth-order valence-electron chi connectivity index (χ4n) is 1.55. The van der Waals surface area contributed by atoms with Crippen LogP contribution in [0.4, 0.5) is 0 Å². The Hall–Kier alpha value is -0.720. The third-order valence-corrected chi connectivity index (χ3v) is 4.39. The lowest BCUT2D eigenvalue weighted by atomic mass is 10.4. The highest BCUT2D eigenvalue weighted by Crippen LogP contribution is 2.17. The third kappa shape index (κ3) is 2.59. The quantitative estimate of drug-likeness (QED) is 0.884. The van der Waals surface area contributed by atoms with E-state index in [2.05, 4.69) is 9.97 Å². The zero-order chi connectivity index (χ0) is 12.6. The Labute approximate surface area is 111 Å². The fraction of sp³-hybridized carbons (Fsp3) is 0.400. The molecular weight excluding hydrogens is 278 g/mol. The predicted molar refractivity (Wildman–Crippen MR) is 73.5 cm³/mol. The Morgan fingerprint density at radius 1 is 1.71 bits per heavy atom. The summed E-state index contributed by atoms with van der Waals surface area (Å²) < 4.78 is 13.8. The van der Waals surface area contributed by atoms with Gasteiger partial charge in [-0.2, -0.15) is 0 Å². The number of pyridine rings is 1. The van der Waals surface area contributed by atoms with E-state index < -0.39 is 10.8 Å². The van der Waals surface area contributed by atoms with Crippen molar-refractivity contribution < 1.29 is 4.21 Å². The highest BCUT2D eigenvalue weighted by molar-refractivity contribution is 7.84. The van der Waals surface area contributed by atoms with Gasteiger partial charge in [-0.15, -0.1) is 0 Å². The van der Waals surface area contributed by atoms with Crippen LogP contribution in [0.5, 0.6) is 0 Å². The number of hydrogen-bond donors (Lipinski definition) is 1. The minimum Gasteiger partial charge on any atom is -0.329 e. The highest BCUT2D eigenvalue weighted by atomic mass is 35.5. The second-order valence-corrected chi connectivity index (χ2v) is 6.50. The number of aromatic nitrogens is 3. The molecule has 2 aromatic heterocycles. The van der Waals surface area contributed by atoms with Crippen molar-refractivity contribution in [3.63, 3.8) is 0 Å². The molecule has 2 heterocycles. The molecule has 0 radical (unpaired) electrons. The van der Waals surface area contributed by atoms with Gasteiger partial charge in [0.15, 0.2) is 10.4 Å². The average Bonchev–Trinajstić information content (AvgIpc) is 2.54. The molecule has 7 heteroatoms. The summed E-state index contributed by atoms with van der Waals surface area (Å²) >= 11 is 11.1. The fourth-order valence-corrected chi connectivity index (χ4v) is 2.34. The largest absolute Gasteiger partial charge is 0.329 e. The van der Waals surface area contributed by atoms with Gasteiger partial charge in [-0.1, -0.05) is 11.6 Å². The summed E-state index contributed by atoms with van der Waals surface area (Å²) in [7, 11) is -0.885. The second kappa shape index (κ2) is 4.88. The monoisotopic (exact) mass is 289 g/mol. The van der Waals surface area contributed by atoms with Crippen LogP contribution in [0.2, 0.25) is 5.02 Å². The van der Waals surface area contributed by atoms with E-state index in [0.717, 1.165) is 11.2 Å². The van der Waals surface area contributed by atoms with Crippen molar-refractivity contribution in [2.45, 2.75) is 18.7 Å². The maximum Gasteiger partial charge on any atom is 0.179 e. The first-order valence-corrected chi connectivity index (χ1v) is 7.46. The van der Waals surface area contributed by atoms with E-state index in [4.69, 9.17) is 23.8 Å². The van der Waals surface area contributed by atoms with Gasteiger partial charge < -0.3 is 9.55 Å². The summed E-state index contributed by atoms with van der Waals surface area (Å²) in [6.07, 6.45) is 3.27. The molecule has 0 aliphatic heterocycles. The minimum atomic E-state index is -0.885. The van der Waals surface area contributed by atoms with Gasteiger partial charge in [0.05, 0.1) is 10.5 Å². The van der Waals surface area contributed by atoms with Gasteiger partial charge in [0.25, 0.3) is 0 Å². The van der Waals surface area contributed by atoms with Gasteiger partial charge in [0.1, 0.15) is 0 Å². The lowest BCUT2D eigenvalue weighted by Gasteiger charge is -2.09. The molecular formula is C10H12ClN3OS2. The Bertz CT molecular complexity index is 634. The Morgan fingerprint density at radius 2 is 2.41 bits per heavy atom. The molecule has 0 saturated carbocycles. The van der Waals surface area contributed by atoms with Crippen molar-refractivity contribution >= 4 is 45.8 Å². The number of imidazole rings is 1. The first-order chi connectivity index (χ1) is 7.99. The number of nitrogens with one attached hydrogen (secondary N) is 1. The molecule has 2 atom stereocenters. The van der Waals surface area contributed by atoms with Gasteiger partial charge in [-0.05, 0) is 25.2 Å². The summed E-state index contributed by atoms with van der Waals surface area (Å²) in [5, 5.41) is 0.589. The van der Waals surface area contributed by atoms with Crippen molar-refractivity contribution in [2.75, 3.05) is 6.26 Å². The van der Waals surface area contributed by atoms with E-state index >= 15 is 0 Å². The van der Waals surface area contributed by atoms with Crippen molar-refractivity contribution in [1.82, 2.24) is 14.5 Å². The number of H-pyrrole nitrogens is 1. The topological polar surface area (TPSA) is 50.7 Å². The van der Waals surface area contributed by atoms with Crippen LogP contribution in [0, 0.1) is 4.77 Å². The van der Waals surface area contributed by atoms with Gasteiger partial charge in [0, 0.05) is 35.0 Å². The van der Waals surface area contributed by atoms with Gasteiger partial charge in [-0.3, -0.25) is 4.21 Å². The summed E-state index contributed by atoms with van der Waals surface area (Å²) in [6.45, 7) is 2.50. The molecule has 0 aromatic carbocycles. The molecule has 0 aliphatic rings. The van der Waals surface area contributed by atoms with Crippen molar-refractivity contribution in [3.8, 4) is 0 Å². The summed E-state index contributed by atoms with van der Waals surface area (Å²) in [5.41, 5.74) is 1.55. The third-order valence-electron chi connectivity index (χ3n) is 2.58. The van der Waals surface area contributed by atoms with E-state index in [1.807, 2.05) is 11.5 Å². The summed E-state index contributed by atoms with van der Waals surface area (Å²) in [4.78, 5) is 7.29. The van der Waals surface area contributed by atoms with Crippen LogP contribution in [-0.4, -0.2) is 30.2 Å². The van der Waals surface area contributed by atoms with Crippen LogP contribution in [0.25, 0.3) is 11.2 Å². The molecule has 2 rings (SSSR count). The molecule has 92 valence electrons. The summed E-state index contributed by atoms with van der Waals surface area (Å²) in [6, 6.07) is 1.78. The second-order valence-electron chi connectivity index (χ2n) is 3.87. The smallest absolute Gasteiger partial charge is 0.179 e. The molecule has 2 unspecified atom stereocenters. The zero-order valence-electron chi connectivity index (χ0n) is 9.44. The lowest BCUT2D eigenvalue weighted by molar-refractivity contribution is 0.645. The molecule has 0 spiro atoms. The van der Waals surface area contributed by atoms with E-state index in [9.17, 15) is 4.21 Å². The molecule has 4 nitrogen and oxygen atoms in total. The minimum absolute atomic E-state index is 0.0261. The lowest BCUT2D eigenvalue weighted by Crippen LogP contribution is -2.17. The Kier molecular flexibility index (Phi) is 3.65. The molecule has 0 saturated heterocycles. The first-order valence-electron chi connectivity index (χ1n) is 5.05. The van der Waals surface area contributed by atoms with Crippen molar-refractivity contribution in [1.29, 1.82) is 0 Å². The van der Waals surface area contributed by atoms with Gasteiger partial charge in [0.2, 0.25) is 0 Å². The molecule has 17 heavy (non-hydrogen) atoms. The predicted octanol–water partition coefficient (Wildman–Crippen LogP) is 2.51. The van der Waals surface area contributed by atoms with Crippen LogP contribution < -0.4 is 0 Å². The van der Waals surface area contributed by atoms with Crippen molar-refractivity contribution in [2.24, 2.45) is 0 Å². The maximum atomic E-state index is 11.4. The molecule has 2 aromatic rings. The standard InChI is InChI=1S/C10H12ClN3OS2/c1-6(17(2)15)5-14-9-8(13-10(14)16)3-7(11)4-12-9/h3-4,6H,5H2,1-2H3,(H,13,16). The van der Waals surface area contributed by atoms with Crippen LogP contribution in [0.15, 0.2) is 12.3 Å². The maximum absolute atomic E-state index is 11.4. The number of aromatic amines is 1. The SMILES string of the molecule is CC(Cn1c(=S)[nH]c2cc(Cl)cnc21)S(C)=O. The first kappa shape index (κ1) is 12.7. The van der Waals surface area contributed by atoms with Crippen LogP contribution in [-0.2, 0) is 17.3 Å². The number of nitrogens with zero attached hydrogens (tertiary/aromatic N) is 2. The molecule has 0 fully saturated rings. The van der Waals surface area contributed by atoms with Crippen LogP contribution >= 0.6 is 23.8 Å². The van der Waals surface area contributed by atoms with E-state index in [1.165, 1.54) is 0 Å². The van der Waals surface area contributed by atoms with Crippen LogP contribution in [0.1, 0.15) is 6.92 Å². The molecule has 0 bridgehead atoms. The Balaban J connectivity index is 2.50. The van der Waals surface area contributed by atoms with Crippen molar-refractivity contribution in [3.05, 3.63) is 22.1 Å². The van der Waals surface area contributed by atoms with E-state index in [0.29, 0.717) is 16.3 Å². The van der Waals surface area contributed by atoms with Gasteiger partial charge >= 0.3 is 0 Å². The number of halogens is 1. The van der Waals surface area contributed by atoms with E-state index in [1.54, 1.807) is 18.5 Å². The molecule has 0 aliphatic carbocycles. The average molecular weight is 290 g/mol. The number of fused-ring (bicyclic) bond motifs is 1. The van der Waals surface area contributed by atoms with E-state index in [-0.39, 0.29) is 5.25 Å².